The summed E-state index contributed by atoms with van der Waals surface area (Å²) in [6.07, 6.45) is 2.17. The van der Waals surface area contributed by atoms with Crippen molar-refractivity contribution in [3.63, 3.8) is 0 Å². The van der Waals surface area contributed by atoms with Gasteiger partial charge in [0.25, 0.3) is 5.91 Å². The van der Waals surface area contributed by atoms with Crippen LogP contribution in [0.15, 0.2) is 24.3 Å². The van der Waals surface area contributed by atoms with Gasteiger partial charge in [-0.05, 0) is 37.1 Å². The van der Waals surface area contributed by atoms with Crippen LogP contribution in [-0.4, -0.2) is 67.0 Å². The van der Waals surface area contributed by atoms with Crippen LogP contribution in [-0.2, 0) is 9.59 Å². The van der Waals surface area contributed by atoms with E-state index in [1.165, 1.54) is 24.3 Å². The van der Waals surface area contributed by atoms with Crippen molar-refractivity contribution in [2.24, 2.45) is 0 Å². The highest BCUT2D eigenvalue weighted by molar-refractivity contribution is 5.79. The highest BCUT2D eigenvalue weighted by Crippen LogP contribution is 2.18. The zero-order valence-electron chi connectivity index (χ0n) is 13.5. The summed E-state index contributed by atoms with van der Waals surface area (Å²) >= 11 is 0. The molecule has 1 heterocycles. The number of carbonyl (C=O) groups is 2. The van der Waals surface area contributed by atoms with Gasteiger partial charge in [-0.25, -0.2) is 4.39 Å². The minimum atomic E-state index is -0.337. The lowest BCUT2D eigenvalue weighted by atomic mass is 10.3. The highest BCUT2D eigenvalue weighted by Gasteiger charge is 2.26. The average molecular weight is 335 g/mol. The fourth-order valence-corrected chi connectivity index (χ4v) is 2.63. The molecule has 0 radical (unpaired) electrons. The van der Waals surface area contributed by atoms with E-state index in [0.717, 1.165) is 12.8 Å². The van der Waals surface area contributed by atoms with Gasteiger partial charge in [0.15, 0.2) is 6.61 Å². The number of halogens is 1. The Kier molecular flexibility index (Phi) is 5.30. The van der Waals surface area contributed by atoms with Crippen LogP contribution >= 0.6 is 0 Å². The molecule has 0 bridgehead atoms. The summed E-state index contributed by atoms with van der Waals surface area (Å²) in [7, 11) is 0. The topological polar surface area (TPSA) is 61.9 Å². The summed E-state index contributed by atoms with van der Waals surface area (Å²) in [5.41, 5.74) is 0. The largest absolute Gasteiger partial charge is 0.484 e. The third kappa shape index (κ3) is 4.92. The van der Waals surface area contributed by atoms with Crippen LogP contribution < -0.4 is 10.1 Å². The third-order valence-electron chi connectivity index (χ3n) is 4.21. The van der Waals surface area contributed by atoms with Gasteiger partial charge < -0.3 is 15.0 Å². The van der Waals surface area contributed by atoms with E-state index in [4.69, 9.17) is 4.74 Å². The number of ether oxygens (including phenoxy) is 1. The molecule has 1 aromatic rings. The van der Waals surface area contributed by atoms with Crippen molar-refractivity contribution in [3.05, 3.63) is 30.1 Å². The first kappa shape index (κ1) is 16.7. The van der Waals surface area contributed by atoms with Gasteiger partial charge in [-0.1, -0.05) is 0 Å². The molecule has 3 rings (SSSR count). The Balaban J connectivity index is 1.36. The molecule has 6 nitrogen and oxygen atoms in total. The molecule has 2 amide bonds. The summed E-state index contributed by atoms with van der Waals surface area (Å²) < 4.78 is 18.2. The second-order valence-corrected chi connectivity index (χ2v) is 6.24. The maximum absolute atomic E-state index is 12.8. The Labute approximate surface area is 140 Å². The molecule has 0 spiro atoms. The van der Waals surface area contributed by atoms with Gasteiger partial charge in [0.1, 0.15) is 11.6 Å². The maximum atomic E-state index is 12.8. The number of hydrogen-bond donors (Lipinski definition) is 1. The standard InChI is InChI=1S/C17H22FN3O3/c18-13-1-5-15(6-2-13)24-12-17(23)21-9-7-20(8-10-21)11-16(22)19-14-3-4-14/h1-2,5-6,14H,3-4,7-12H2,(H,19,22). The third-order valence-corrected chi connectivity index (χ3v) is 4.21. The van der Waals surface area contributed by atoms with Gasteiger partial charge in [-0.2, -0.15) is 0 Å². The summed E-state index contributed by atoms with van der Waals surface area (Å²) in [6, 6.07) is 5.97. The quantitative estimate of drug-likeness (QED) is 0.828. The summed E-state index contributed by atoms with van der Waals surface area (Å²) in [5.74, 6) is 0.106. The van der Waals surface area contributed by atoms with Gasteiger partial charge in [-0.3, -0.25) is 14.5 Å². The summed E-state index contributed by atoms with van der Waals surface area (Å²) in [4.78, 5) is 27.7. The molecular weight excluding hydrogens is 313 g/mol. The van der Waals surface area contributed by atoms with Crippen molar-refractivity contribution in [1.29, 1.82) is 0 Å². The van der Waals surface area contributed by atoms with Crippen LogP contribution in [0, 0.1) is 5.82 Å². The summed E-state index contributed by atoms with van der Waals surface area (Å²) in [5, 5.41) is 2.97. The van der Waals surface area contributed by atoms with Crippen LogP contribution in [0.1, 0.15) is 12.8 Å². The molecule has 24 heavy (non-hydrogen) atoms. The lowest BCUT2D eigenvalue weighted by Gasteiger charge is -2.34. The zero-order chi connectivity index (χ0) is 16.9. The lowest BCUT2D eigenvalue weighted by Crippen LogP contribution is -2.52. The molecule has 7 heteroatoms. The number of amides is 2. The average Bonchev–Trinajstić information content (AvgIpc) is 3.38. The van der Waals surface area contributed by atoms with Gasteiger partial charge in [0.2, 0.25) is 5.91 Å². The van der Waals surface area contributed by atoms with E-state index in [2.05, 4.69) is 10.2 Å². The highest BCUT2D eigenvalue weighted by atomic mass is 19.1. The zero-order valence-corrected chi connectivity index (χ0v) is 13.5. The van der Waals surface area contributed by atoms with Crippen molar-refractivity contribution in [3.8, 4) is 5.75 Å². The minimum Gasteiger partial charge on any atom is -0.484 e. The van der Waals surface area contributed by atoms with Gasteiger partial charge >= 0.3 is 0 Å². The Morgan fingerprint density at radius 2 is 1.79 bits per heavy atom. The molecule has 2 aliphatic rings. The molecule has 1 aromatic carbocycles. The van der Waals surface area contributed by atoms with E-state index in [-0.39, 0.29) is 24.2 Å². The number of nitrogens with zero attached hydrogens (tertiary/aromatic N) is 2. The lowest BCUT2D eigenvalue weighted by molar-refractivity contribution is -0.135. The normalized spacial score (nSPS) is 18.3. The van der Waals surface area contributed by atoms with Crippen LogP contribution in [0.3, 0.4) is 0 Å². The minimum absolute atomic E-state index is 0.0617. The van der Waals surface area contributed by atoms with Crippen LogP contribution in [0.25, 0.3) is 0 Å². The fourth-order valence-electron chi connectivity index (χ4n) is 2.63. The summed E-state index contributed by atoms with van der Waals surface area (Å²) in [6.45, 7) is 2.86. The van der Waals surface area contributed by atoms with E-state index >= 15 is 0 Å². The second-order valence-electron chi connectivity index (χ2n) is 6.24. The molecule has 1 aliphatic carbocycles. The second kappa shape index (κ2) is 7.61. The number of piperazine rings is 1. The first-order valence-corrected chi connectivity index (χ1v) is 8.28. The van der Waals surface area contributed by atoms with E-state index < -0.39 is 0 Å². The van der Waals surface area contributed by atoms with E-state index in [1.807, 2.05) is 0 Å². The molecule has 1 N–H and O–H groups in total. The maximum Gasteiger partial charge on any atom is 0.260 e. The monoisotopic (exact) mass is 335 g/mol. The number of rotatable bonds is 6. The van der Waals surface area contributed by atoms with Crippen molar-refractivity contribution >= 4 is 11.8 Å². The van der Waals surface area contributed by atoms with Crippen LogP contribution in [0.4, 0.5) is 4.39 Å². The fraction of sp³-hybridized carbons (Fsp3) is 0.529. The first-order valence-electron chi connectivity index (χ1n) is 8.28. The van der Waals surface area contributed by atoms with Crippen molar-refractivity contribution in [1.82, 2.24) is 15.1 Å². The van der Waals surface area contributed by atoms with Crippen molar-refractivity contribution in [2.45, 2.75) is 18.9 Å². The van der Waals surface area contributed by atoms with Gasteiger partial charge in [0.05, 0.1) is 6.54 Å². The molecule has 2 fully saturated rings. The molecule has 0 atom stereocenters. The molecule has 1 saturated carbocycles. The van der Waals surface area contributed by atoms with Gasteiger partial charge in [0, 0.05) is 32.2 Å². The molecular formula is C17H22FN3O3. The molecule has 1 saturated heterocycles. The molecule has 0 unspecified atom stereocenters. The Morgan fingerprint density at radius 3 is 2.42 bits per heavy atom. The van der Waals surface area contributed by atoms with Crippen LogP contribution in [0.2, 0.25) is 0 Å². The first-order chi connectivity index (χ1) is 11.6. The van der Waals surface area contributed by atoms with Crippen molar-refractivity contribution < 1.29 is 18.7 Å². The smallest absolute Gasteiger partial charge is 0.260 e. The van der Waals surface area contributed by atoms with E-state index in [9.17, 15) is 14.0 Å². The number of benzene rings is 1. The number of nitrogens with one attached hydrogen (secondary N) is 1. The molecule has 0 aromatic heterocycles. The predicted molar refractivity (Wildman–Crippen MR) is 86.1 cm³/mol. The van der Waals surface area contributed by atoms with Crippen LogP contribution in [0.5, 0.6) is 5.75 Å². The van der Waals surface area contributed by atoms with Crippen molar-refractivity contribution in [2.75, 3.05) is 39.3 Å². The molecule has 130 valence electrons. The SMILES string of the molecule is O=C(CN1CCN(C(=O)COc2ccc(F)cc2)CC1)NC1CC1. The number of carbonyl (C=O) groups excluding carboxylic acids is 2. The Morgan fingerprint density at radius 1 is 1.12 bits per heavy atom. The molecule has 1 aliphatic heterocycles. The van der Waals surface area contributed by atoms with E-state index in [0.29, 0.717) is 44.5 Å². The number of hydrogen-bond acceptors (Lipinski definition) is 4. The Bertz CT molecular complexity index is 581. The predicted octanol–water partition coefficient (Wildman–Crippen LogP) is 0.627. The van der Waals surface area contributed by atoms with Gasteiger partial charge in [-0.15, -0.1) is 0 Å². The Hall–Kier alpha value is -2.15. The van der Waals surface area contributed by atoms with E-state index in [1.54, 1.807) is 4.90 Å².